The molecule has 0 heterocycles. The largest absolute Gasteiger partial charge is 0.462 e. The summed E-state index contributed by atoms with van der Waals surface area (Å²) in [6.45, 7) is 9.51. The molecule has 0 unspecified atom stereocenters. The Balaban J connectivity index is 0.000000382. The van der Waals surface area contributed by atoms with Crippen molar-refractivity contribution >= 4 is 22.7 Å². The van der Waals surface area contributed by atoms with E-state index in [-0.39, 0.29) is 0 Å². The van der Waals surface area contributed by atoms with Crippen LogP contribution in [0.2, 0.25) is 0 Å². The van der Waals surface area contributed by atoms with Gasteiger partial charge < -0.3 is 9.47 Å². The lowest BCUT2D eigenvalue weighted by molar-refractivity contribution is 0.0450. The summed E-state index contributed by atoms with van der Waals surface area (Å²) in [6, 6.07) is 19.6. The molecule has 0 amide bonds. The zero-order valence-corrected chi connectivity index (χ0v) is 25.3. The van der Waals surface area contributed by atoms with E-state index in [1.54, 1.807) is 24.3 Å². The lowest BCUT2D eigenvalue weighted by atomic mass is 10.0. The third kappa shape index (κ3) is 11.9. The van der Waals surface area contributed by atoms with Gasteiger partial charge in [0.05, 0.1) is 24.3 Å². The number of carbonyl (C=O) groups excluding carboxylic acids is 2. The molecule has 3 aromatic carbocycles. The van der Waals surface area contributed by atoms with E-state index in [0.29, 0.717) is 24.3 Å². The first-order valence-corrected chi connectivity index (χ1v) is 15.4. The smallest absolute Gasteiger partial charge is 0.339 e. The van der Waals surface area contributed by atoms with Gasteiger partial charge in [-0.2, -0.15) is 0 Å². The predicted molar refractivity (Wildman–Crippen MR) is 167 cm³/mol. The van der Waals surface area contributed by atoms with Gasteiger partial charge in [-0.25, -0.2) is 9.59 Å². The number of fused-ring (bicyclic) bond motifs is 1. The quantitative estimate of drug-likeness (QED) is 0.132. The predicted octanol–water partition coefficient (Wildman–Crippen LogP) is 10.2. The number of carbonyl (C=O) groups is 2. The minimum Gasteiger partial charge on any atom is -0.462 e. The van der Waals surface area contributed by atoms with E-state index in [0.717, 1.165) is 25.7 Å². The van der Waals surface area contributed by atoms with Crippen molar-refractivity contribution in [1.82, 2.24) is 0 Å². The van der Waals surface area contributed by atoms with Crippen molar-refractivity contribution in [2.45, 2.75) is 105 Å². The van der Waals surface area contributed by atoms with Gasteiger partial charge >= 0.3 is 11.9 Å². The maximum Gasteiger partial charge on any atom is 0.339 e. The molecule has 0 aliphatic heterocycles. The van der Waals surface area contributed by atoms with Crippen LogP contribution in [0.5, 0.6) is 0 Å². The van der Waals surface area contributed by atoms with Crippen molar-refractivity contribution in [3.63, 3.8) is 0 Å². The van der Waals surface area contributed by atoms with Gasteiger partial charge in [-0.1, -0.05) is 127 Å². The Morgan fingerprint density at radius 2 is 1.00 bits per heavy atom. The fourth-order valence-corrected chi connectivity index (χ4v) is 4.63. The molecule has 0 saturated carbocycles. The Bertz CT molecular complexity index is 1100. The Hall–Kier alpha value is -3.14. The monoisotopic (exact) mass is 546 g/mol. The highest BCUT2D eigenvalue weighted by molar-refractivity contribution is 6.03. The maximum absolute atomic E-state index is 12.4. The van der Waals surface area contributed by atoms with Gasteiger partial charge in [0.15, 0.2) is 0 Å². The highest BCUT2D eigenvalue weighted by Crippen LogP contribution is 2.20. The minimum atomic E-state index is -0.444. The van der Waals surface area contributed by atoms with Crippen LogP contribution in [-0.4, -0.2) is 25.2 Å². The van der Waals surface area contributed by atoms with Crippen molar-refractivity contribution in [3.05, 3.63) is 82.9 Å². The standard InChI is InChI=1S/C24H38O4.C12H12/c1-3-5-7-9-11-15-19-27-23(25)21-17-13-14-18-22(21)24(26)28-20-16-12-10-8-6-4-2;1-9-7-8-11-5-3-4-6-12(11)10(9)2/h13-14,17-18H,3-12,15-16,19-20H2,1-2H3;3-8H,1-2H3. The summed E-state index contributed by atoms with van der Waals surface area (Å²) in [5.74, 6) is -0.888. The van der Waals surface area contributed by atoms with E-state index in [4.69, 9.17) is 9.47 Å². The van der Waals surface area contributed by atoms with Crippen LogP contribution < -0.4 is 0 Å². The molecule has 0 N–H and O–H groups in total. The number of benzene rings is 3. The molecular weight excluding hydrogens is 496 g/mol. The summed E-state index contributed by atoms with van der Waals surface area (Å²) in [5, 5.41) is 2.71. The lowest BCUT2D eigenvalue weighted by Gasteiger charge is -2.10. The Morgan fingerprint density at radius 1 is 0.550 bits per heavy atom. The van der Waals surface area contributed by atoms with Crippen molar-refractivity contribution in [3.8, 4) is 0 Å². The summed E-state index contributed by atoms with van der Waals surface area (Å²) >= 11 is 0. The molecular formula is C36H50O4. The highest BCUT2D eigenvalue weighted by atomic mass is 16.5. The number of esters is 2. The molecule has 3 rings (SSSR count). The van der Waals surface area contributed by atoms with E-state index in [9.17, 15) is 9.59 Å². The molecule has 0 saturated heterocycles. The second-order valence-electron chi connectivity index (χ2n) is 10.6. The number of aryl methyl sites for hydroxylation is 2. The maximum atomic E-state index is 12.4. The zero-order chi connectivity index (χ0) is 29.0. The summed E-state index contributed by atoms with van der Waals surface area (Å²) < 4.78 is 10.7. The van der Waals surface area contributed by atoms with Gasteiger partial charge in [-0.3, -0.25) is 0 Å². The molecule has 0 radical (unpaired) electrons. The Labute approximate surface area is 242 Å². The average Bonchev–Trinajstić information content (AvgIpc) is 2.98. The molecule has 0 spiro atoms. The van der Waals surface area contributed by atoms with Crippen LogP contribution in [0.25, 0.3) is 10.8 Å². The zero-order valence-electron chi connectivity index (χ0n) is 25.3. The van der Waals surface area contributed by atoms with Crippen LogP contribution in [-0.2, 0) is 9.47 Å². The van der Waals surface area contributed by atoms with Gasteiger partial charge in [0, 0.05) is 0 Å². The first-order chi connectivity index (χ1) is 19.5. The highest BCUT2D eigenvalue weighted by Gasteiger charge is 2.18. The summed E-state index contributed by atoms with van der Waals surface area (Å²) in [6.07, 6.45) is 13.6. The van der Waals surface area contributed by atoms with Crippen LogP contribution in [0.1, 0.15) is 123 Å². The van der Waals surface area contributed by atoms with Crippen LogP contribution in [0, 0.1) is 13.8 Å². The minimum absolute atomic E-state index is 0.293. The molecule has 0 atom stereocenters. The molecule has 3 aromatic rings. The molecule has 0 aliphatic rings. The van der Waals surface area contributed by atoms with Crippen molar-refractivity contribution in [2.75, 3.05) is 13.2 Å². The van der Waals surface area contributed by atoms with Gasteiger partial charge in [-0.05, 0) is 60.7 Å². The summed E-state index contributed by atoms with van der Waals surface area (Å²) in [7, 11) is 0. The van der Waals surface area contributed by atoms with Crippen molar-refractivity contribution in [2.24, 2.45) is 0 Å². The fraction of sp³-hybridized carbons (Fsp3) is 0.500. The van der Waals surface area contributed by atoms with Crippen molar-refractivity contribution < 1.29 is 19.1 Å². The second kappa shape index (κ2) is 19.8. The van der Waals surface area contributed by atoms with Crippen molar-refractivity contribution in [1.29, 1.82) is 0 Å². The third-order valence-corrected chi connectivity index (χ3v) is 7.30. The van der Waals surface area contributed by atoms with Gasteiger partial charge in [0.2, 0.25) is 0 Å². The second-order valence-corrected chi connectivity index (χ2v) is 10.6. The summed E-state index contributed by atoms with van der Waals surface area (Å²) in [4.78, 5) is 24.7. The molecule has 0 bridgehead atoms. The molecule has 4 nitrogen and oxygen atoms in total. The van der Waals surface area contributed by atoms with Crippen LogP contribution in [0.4, 0.5) is 0 Å². The molecule has 0 aromatic heterocycles. The van der Waals surface area contributed by atoms with Crippen LogP contribution in [0.3, 0.4) is 0 Å². The van der Waals surface area contributed by atoms with Crippen LogP contribution >= 0.6 is 0 Å². The number of rotatable bonds is 16. The van der Waals surface area contributed by atoms with E-state index in [1.165, 1.54) is 73.3 Å². The fourth-order valence-electron chi connectivity index (χ4n) is 4.63. The van der Waals surface area contributed by atoms with E-state index >= 15 is 0 Å². The molecule has 0 aliphatic carbocycles. The SMILES string of the molecule is CCCCCCCCOC(=O)c1ccccc1C(=O)OCCCCCCCC.Cc1ccc2ccccc2c1C. The van der Waals surface area contributed by atoms with E-state index < -0.39 is 11.9 Å². The van der Waals surface area contributed by atoms with Gasteiger partial charge in [0.1, 0.15) is 0 Å². The number of hydrogen-bond acceptors (Lipinski definition) is 4. The molecule has 218 valence electrons. The first kappa shape index (κ1) is 33.1. The Morgan fingerprint density at radius 3 is 1.52 bits per heavy atom. The van der Waals surface area contributed by atoms with Crippen LogP contribution in [0.15, 0.2) is 60.7 Å². The average molecular weight is 547 g/mol. The topological polar surface area (TPSA) is 52.6 Å². The molecule has 40 heavy (non-hydrogen) atoms. The lowest BCUT2D eigenvalue weighted by Crippen LogP contribution is -2.15. The molecule has 0 fully saturated rings. The van der Waals surface area contributed by atoms with Gasteiger partial charge in [-0.15, -0.1) is 0 Å². The van der Waals surface area contributed by atoms with Gasteiger partial charge in [0.25, 0.3) is 0 Å². The van der Waals surface area contributed by atoms with E-state index in [1.807, 2.05) is 0 Å². The van der Waals surface area contributed by atoms with E-state index in [2.05, 4.69) is 64.1 Å². The molecule has 4 heteroatoms. The first-order valence-electron chi connectivity index (χ1n) is 15.4. The Kier molecular flexibility index (Phi) is 16.4. The normalized spacial score (nSPS) is 10.6. The summed E-state index contributed by atoms with van der Waals surface area (Å²) in [5.41, 5.74) is 3.35. The third-order valence-electron chi connectivity index (χ3n) is 7.30. The number of hydrogen-bond donors (Lipinski definition) is 0. The number of ether oxygens (including phenoxy) is 2. The number of unbranched alkanes of at least 4 members (excludes halogenated alkanes) is 10.